The van der Waals surface area contributed by atoms with Crippen molar-refractivity contribution in [2.45, 2.75) is 24.6 Å². The first kappa shape index (κ1) is 25.4. The van der Waals surface area contributed by atoms with E-state index in [2.05, 4.69) is 19.9 Å². The smallest absolute Gasteiger partial charge is 0.435 e. The first-order chi connectivity index (χ1) is 17.9. The second kappa shape index (κ2) is 9.23. The van der Waals surface area contributed by atoms with Crippen molar-refractivity contribution in [3.05, 3.63) is 89.2 Å². The van der Waals surface area contributed by atoms with E-state index in [1.54, 1.807) is 0 Å². The van der Waals surface area contributed by atoms with Gasteiger partial charge in [0, 0.05) is 11.6 Å². The highest BCUT2D eigenvalue weighted by molar-refractivity contribution is 6.08. The van der Waals surface area contributed by atoms with E-state index in [4.69, 9.17) is 0 Å². The lowest BCUT2D eigenvalue weighted by atomic mass is 9.90. The molecular weight excluding hydrogens is 523 g/mol. The minimum absolute atomic E-state index is 0.0512. The monoisotopic (exact) mass is 539 g/mol. The van der Waals surface area contributed by atoms with E-state index in [0.717, 1.165) is 17.1 Å². The van der Waals surface area contributed by atoms with Crippen LogP contribution < -0.4 is 14.8 Å². The summed E-state index contributed by atoms with van der Waals surface area (Å²) in [6.07, 6.45) is -4.73. The Morgan fingerprint density at radius 1 is 1.03 bits per heavy atom. The van der Waals surface area contributed by atoms with E-state index < -0.39 is 47.7 Å². The zero-order valence-electron chi connectivity index (χ0n) is 19.0. The SMILES string of the molecule is O=C(Nc1ccc2c(c1)C(F)(F)C(F)(F)O2)N1CC(c2ccc(F)cc2)C(c2ccc(OC(F)F)cc2)=N1. The number of urea groups is 1. The molecule has 1 unspecified atom stereocenters. The molecule has 13 heteroatoms. The average molecular weight is 539 g/mol. The molecule has 0 bridgehead atoms. The van der Waals surface area contributed by atoms with Crippen molar-refractivity contribution in [2.75, 3.05) is 11.9 Å². The van der Waals surface area contributed by atoms with Crippen LogP contribution in [0, 0.1) is 5.82 Å². The summed E-state index contributed by atoms with van der Waals surface area (Å²) in [6, 6.07) is 12.8. The molecule has 0 fully saturated rings. The topological polar surface area (TPSA) is 63.2 Å². The fourth-order valence-corrected chi connectivity index (χ4v) is 4.14. The number of ether oxygens (including phenoxy) is 2. The number of rotatable bonds is 5. The Labute approximate surface area is 210 Å². The highest BCUT2D eigenvalue weighted by atomic mass is 19.3. The Morgan fingerprint density at radius 3 is 2.37 bits per heavy atom. The fraction of sp³-hybridized carbons (Fsp3) is 0.200. The third-order valence-electron chi connectivity index (χ3n) is 5.97. The number of anilines is 1. The van der Waals surface area contributed by atoms with Gasteiger partial charge in [0.1, 0.15) is 17.3 Å². The van der Waals surface area contributed by atoms with Gasteiger partial charge in [0.15, 0.2) is 0 Å². The molecule has 0 aromatic heterocycles. The molecule has 0 saturated heterocycles. The molecule has 3 aromatic carbocycles. The summed E-state index contributed by atoms with van der Waals surface area (Å²) in [5, 5.41) is 7.65. The van der Waals surface area contributed by atoms with Crippen molar-refractivity contribution in [3.63, 3.8) is 0 Å². The van der Waals surface area contributed by atoms with Gasteiger partial charge in [-0.2, -0.15) is 31.4 Å². The van der Waals surface area contributed by atoms with Crippen LogP contribution in [-0.4, -0.2) is 36.0 Å². The van der Waals surface area contributed by atoms with Gasteiger partial charge >= 0.3 is 24.7 Å². The van der Waals surface area contributed by atoms with Gasteiger partial charge in [0.2, 0.25) is 0 Å². The van der Waals surface area contributed by atoms with Crippen molar-refractivity contribution in [2.24, 2.45) is 5.10 Å². The van der Waals surface area contributed by atoms with Crippen LogP contribution in [0.3, 0.4) is 0 Å². The molecule has 0 aliphatic carbocycles. The third kappa shape index (κ3) is 4.59. The summed E-state index contributed by atoms with van der Waals surface area (Å²) >= 11 is 0. The first-order valence-electron chi connectivity index (χ1n) is 11.0. The zero-order chi connectivity index (χ0) is 27.2. The van der Waals surface area contributed by atoms with Crippen LogP contribution in [0.25, 0.3) is 0 Å². The summed E-state index contributed by atoms with van der Waals surface area (Å²) in [5.41, 5.74) is 0.0907. The maximum atomic E-state index is 14.0. The molecule has 5 rings (SSSR count). The lowest BCUT2D eigenvalue weighted by Crippen LogP contribution is -2.37. The van der Waals surface area contributed by atoms with E-state index in [1.807, 2.05) is 0 Å². The molecule has 198 valence electrons. The van der Waals surface area contributed by atoms with Gasteiger partial charge in [-0.25, -0.2) is 14.2 Å². The largest absolute Gasteiger partial charge is 0.469 e. The number of fused-ring (bicyclic) bond motifs is 1. The first-order valence-corrected chi connectivity index (χ1v) is 11.0. The van der Waals surface area contributed by atoms with Gasteiger partial charge in [-0.3, -0.25) is 0 Å². The number of carbonyl (C=O) groups is 1. The second-order valence-electron chi connectivity index (χ2n) is 8.41. The maximum Gasteiger partial charge on any atom is 0.469 e. The van der Waals surface area contributed by atoms with Crippen LogP contribution >= 0.6 is 0 Å². The fourth-order valence-electron chi connectivity index (χ4n) is 4.14. The Kier molecular flexibility index (Phi) is 6.16. The molecule has 38 heavy (non-hydrogen) atoms. The highest BCUT2D eigenvalue weighted by Gasteiger charge is 2.66. The van der Waals surface area contributed by atoms with Gasteiger partial charge in [-0.05, 0) is 65.7 Å². The van der Waals surface area contributed by atoms with Crippen molar-refractivity contribution >= 4 is 17.4 Å². The van der Waals surface area contributed by atoms with E-state index in [1.165, 1.54) is 48.5 Å². The van der Waals surface area contributed by atoms with Gasteiger partial charge in [-0.15, -0.1) is 0 Å². The summed E-state index contributed by atoms with van der Waals surface area (Å²) in [5.74, 6) is -6.47. The normalized spacial score (nSPS) is 19.1. The Morgan fingerprint density at radius 2 is 1.71 bits per heavy atom. The Bertz CT molecular complexity index is 1400. The molecule has 2 heterocycles. The molecule has 0 radical (unpaired) electrons. The van der Waals surface area contributed by atoms with Gasteiger partial charge < -0.3 is 14.8 Å². The number of hydrogen-bond acceptors (Lipinski definition) is 4. The third-order valence-corrected chi connectivity index (χ3v) is 5.97. The van der Waals surface area contributed by atoms with E-state index >= 15 is 0 Å². The number of nitrogens with zero attached hydrogens (tertiary/aromatic N) is 2. The van der Waals surface area contributed by atoms with Crippen LogP contribution in [0.4, 0.5) is 41.2 Å². The van der Waals surface area contributed by atoms with Crippen LogP contribution in [0.5, 0.6) is 11.5 Å². The quantitative estimate of drug-likeness (QED) is 0.375. The molecule has 3 aromatic rings. The maximum absolute atomic E-state index is 14.0. The zero-order valence-corrected chi connectivity index (χ0v) is 19.0. The number of alkyl halides is 6. The van der Waals surface area contributed by atoms with E-state index in [0.29, 0.717) is 22.9 Å². The summed E-state index contributed by atoms with van der Waals surface area (Å²) in [6.45, 7) is -3.07. The van der Waals surface area contributed by atoms with Crippen molar-refractivity contribution in [1.82, 2.24) is 5.01 Å². The number of hydrogen-bond donors (Lipinski definition) is 1. The standard InChI is InChI=1S/C25H16F7N3O3/c26-15-5-1-13(2-6-15)18-12-35(34-21(18)14-3-8-17(9-4-14)37-22(27)28)23(36)33-16-7-10-20-19(11-16)24(29,30)25(31,32)38-20/h1-11,18,22H,12H2,(H,33,36). The lowest BCUT2D eigenvalue weighted by Gasteiger charge is -2.17. The van der Waals surface area contributed by atoms with Gasteiger partial charge in [0.05, 0.1) is 17.8 Å². The lowest BCUT2D eigenvalue weighted by molar-refractivity contribution is -0.296. The second-order valence-corrected chi connectivity index (χ2v) is 8.41. The number of carbonyl (C=O) groups excluding carboxylic acids is 1. The van der Waals surface area contributed by atoms with Gasteiger partial charge in [-0.1, -0.05) is 12.1 Å². The van der Waals surface area contributed by atoms with Crippen LogP contribution in [0.15, 0.2) is 71.8 Å². The Hall–Kier alpha value is -4.29. The van der Waals surface area contributed by atoms with Crippen LogP contribution in [0.1, 0.15) is 22.6 Å². The number of hydrazone groups is 1. The molecule has 2 aliphatic heterocycles. The number of halogens is 7. The summed E-state index contributed by atoms with van der Waals surface area (Å²) in [7, 11) is 0. The molecular formula is C25H16F7N3O3. The minimum atomic E-state index is -4.73. The number of benzene rings is 3. The van der Waals surface area contributed by atoms with Crippen LogP contribution in [-0.2, 0) is 5.92 Å². The van der Waals surface area contributed by atoms with Gasteiger partial charge in [0.25, 0.3) is 0 Å². The molecule has 2 amide bonds. The van der Waals surface area contributed by atoms with E-state index in [9.17, 15) is 35.5 Å². The molecule has 2 aliphatic rings. The van der Waals surface area contributed by atoms with E-state index in [-0.39, 0.29) is 18.0 Å². The highest BCUT2D eigenvalue weighted by Crippen LogP contribution is 2.53. The minimum Gasteiger partial charge on any atom is -0.435 e. The molecule has 1 atom stereocenters. The molecule has 6 nitrogen and oxygen atoms in total. The average Bonchev–Trinajstić information content (AvgIpc) is 3.37. The Balaban J connectivity index is 1.41. The predicted molar refractivity (Wildman–Crippen MR) is 120 cm³/mol. The molecule has 0 saturated carbocycles. The van der Waals surface area contributed by atoms with Crippen molar-refractivity contribution in [3.8, 4) is 11.5 Å². The van der Waals surface area contributed by atoms with Crippen molar-refractivity contribution in [1.29, 1.82) is 0 Å². The molecule has 1 N–H and O–H groups in total. The number of nitrogens with one attached hydrogen (secondary N) is 1. The summed E-state index contributed by atoms with van der Waals surface area (Å²) < 4.78 is 102. The summed E-state index contributed by atoms with van der Waals surface area (Å²) in [4.78, 5) is 13.0. The van der Waals surface area contributed by atoms with Crippen molar-refractivity contribution < 1.29 is 45.0 Å². The molecule has 0 spiro atoms. The van der Waals surface area contributed by atoms with Crippen LogP contribution in [0.2, 0.25) is 0 Å². The number of amides is 2. The predicted octanol–water partition coefficient (Wildman–Crippen LogP) is 6.54.